The van der Waals surface area contributed by atoms with Crippen LogP contribution in [0.2, 0.25) is 0 Å². The molecular weight excluding hydrogens is 430 g/mol. The zero-order valence-electron chi connectivity index (χ0n) is 23.7. The molecule has 0 radical (unpaired) electrons. The molecule has 3 nitrogen and oxygen atoms in total. The van der Waals surface area contributed by atoms with Gasteiger partial charge in [0, 0.05) is 0 Å². The Morgan fingerprint density at radius 1 is 0.857 bits per heavy atom. The van der Waals surface area contributed by atoms with Crippen LogP contribution in [0, 0.1) is 28.1 Å². The molecule has 2 unspecified atom stereocenters. The fourth-order valence-electron chi connectivity index (χ4n) is 4.92. The summed E-state index contributed by atoms with van der Waals surface area (Å²) in [4.78, 5) is 19.1. The number of carbonyl (C=O) groups excluding carboxylic acids is 1. The molecule has 0 fully saturated rings. The Morgan fingerprint density at radius 2 is 1.37 bits per heavy atom. The highest BCUT2D eigenvalue weighted by atomic mass is 16.7. The molecule has 0 N–H and O–H groups in total. The van der Waals surface area contributed by atoms with Gasteiger partial charge in [0.25, 0.3) is 0 Å². The summed E-state index contributed by atoms with van der Waals surface area (Å²) in [7, 11) is 0. The maximum Gasteiger partial charge on any atom is 0.338 e. The summed E-state index contributed by atoms with van der Waals surface area (Å²) in [6, 6.07) is 20.6. The van der Waals surface area contributed by atoms with Crippen molar-refractivity contribution < 1.29 is 9.63 Å². The molecule has 192 valence electrons. The standard InChI is InChI=1S/C32H47NO2/c1-23(2)21-27(29(34)35-33-24(3)25-17-13-11-14-18-25)32(9,10)31(7,8)22-28(30(4,5)6)26-19-15-12-16-20-26/h11-20,23,27-28H,21-22H2,1-10H3. The molecule has 35 heavy (non-hydrogen) atoms. The van der Waals surface area contributed by atoms with Gasteiger partial charge < -0.3 is 4.84 Å². The molecule has 0 amide bonds. The Morgan fingerprint density at radius 3 is 1.86 bits per heavy atom. The van der Waals surface area contributed by atoms with Crippen LogP contribution >= 0.6 is 0 Å². The summed E-state index contributed by atoms with van der Waals surface area (Å²) in [5, 5.41) is 4.23. The van der Waals surface area contributed by atoms with E-state index in [0.717, 1.165) is 18.4 Å². The molecule has 0 aliphatic rings. The van der Waals surface area contributed by atoms with Gasteiger partial charge in [-0.15, -0.1) is 0 Å². The van der Waals surface area contributed by atoms with E-state index in [0.29, 0.717) is 17.5 Å². The van der Waals surface area contributed by atoms with Crippen molar-refractivity contribution in [1.29, 1.82) is 0 Å². The number of oxime groups is 1. The first-order valence-corrected chi connectivity index (χ1v) is 13.0. The van der Waals surface area contributed by atoms with Gasteiger partial charge in [0.1, 0.15) is 0 Å². The van der Waals surface area contributed by atoms with E-state index in [4.69, 9.17) is 4.84 Å². The van der Waals surface area contributed by atoms with E-state index >= 15 is 0 Å². The van der Waals surface area contributed by atoms with Crippen LogP contribution in [0.1, 0.15) is 99.1 Å². The molecule has 0 aromatic heterocycles. The average Bonchev–Trinajstić information content (AvgIpc) is 2.79. The molecule has 0 aliphatic heterocycles. The van der Waals surface area contributed by atoms with Gasteiger partial charge >= 0.3 is 5.97 Å². The molecule has 3 heteroatoms. The van der Waals surface area contributed by atoms with Gasteiger partial charge in [0.15, 0.2) is 0 Å². The Bertz CT molecular complexity index is 966. The highest BCUT2D eigenvalue weighted by Crippen LogP contribution is 2.54. The highest BCUT2D eigenvalue weighted by molar-refractivity contribution is 5.98. The average molecular weight is 478 g/mol. The first-order chi connectivity index (χ1) is 16.2. The van der Waals surface area contributed by atoms with Gasteiger partial charge in [0.05, 0.1) is 11.6 Å². The number of benzene rings is 2. The van der Waals surface area contributed by atoms with Crippen LogP contribution in [0.25, 0.3) is 0 Å². The zero-order valence-corrected chi connectivity index (χ0v) is 23.7. The van der Waals surface area contributed by atoms with Gasteiger partial charge in [-0.2, -0.15) is 0 Å². The largest absolute Gasteiger partial charge is 0.338 e. The predicted molar refractivity (Wildman–Crippen MR) is 149 cm³/mol. The van der Waals surface area contributed by atoms with Crippen molar-refractivity contribution in [3.63, 3.8) is 0 Å². The van der Waals surface area contributed by atoms with Crippen LogP contribution in [0.15, 0.2) is 65.8 Å². The van der Waals surface area contributed by atoms with Crippen LogP contribution in [-0.2, 0) is 9.63 Å². The maximum absolute atomic E-state index is 13.5. The summed E-state index contributed by atoms with van der Waals surface area (Å²) >= 11 is 0. The summed E-state index contributed by atoms with van der Waals surface area (Å²) in [6.07, 6.45) is 1.74. The topological polar surface area (TPSA) is 38.7 Å². The Kier molecular flexibility index (Phi) is 9.50. The lowest BCUT2D eigenvalue weighted by Crippen LogP contribution is -2.45. The Hall–Kier alpha value is -2.42. The lowest BCUT2D eigenvalue weighted by Gasteiger charge is -2.49. The molecule has 2 aromatic rings. The van der Waals surface area contributed by atoms with Crippen molar-refractivity contribution in [3.05, 3.63) is 71.8 Å². The van der Waals surface area contributed by atoms with Crippen molar-refractivity contribution in [2.45, 2.75) is 88.0 Å². The van der Waals surface area contributed by atoms with Crippen LogP contribution < -0.4 is 0 Å². The Labute approximate surface area is 214 Å². The van der Waals surface area contributed by atoms with Gasteiger partial charge in [-0.05, 0) is 59.0 Å². The normalized spacial score (nSPS) is 15.1. The van der Waals surface area contributed by atoms with Crippen molar-refractivity contribution in [2.24, 2.45) is 33.2 Å². The van der Waals surface area contributed by atoms with Crippen molar-refractivity contribution >= 4 is 11.7 Å². The molecule has 0 saturated carbocycles. The smallest absolute Gasteiger partial charge is 0.318 e. The number of nitrogens with zero attached hydrogens (tertiary/aromatic N) is 1. The van der Waals surface area contributed by atoms with E-state index in [-0.39, 0.29) is 28.1 Å². The molecule has 2 aromatic carbocycles. The van der Waals surface area contributed by atoms with Crippen molar-refractivity contribution in [2.75, 3.05) is 0 Å². The first kappa shape index (κ1) is 28.8. The number of hydrogen-bond donors (Lipinski definition) is 0. The van der Waals surface area contributed by atoms with Gasteiger partial charge in [-0.1, -0.05) is 128 Å². The molecule has 2 rings (SSSR count). The van der Waals surface area contributed by atoms with Crippen molar-refractivity contribution in [3.8, 4) is 0 Å². The van der Waals surface area contributed by atoms with Gasteiger partial charge in [0.2, 0.25) is 0 Å². The molecule has 0 aliphatic carbocycles. The highest BCUT2D eigenvalue weighted by Gasteiger charge is 2.49. The van der Waals surface area contributed by atoms with E-state index in [1.165, 1.54) is 5.56 Å². The second-order valence-corrected chi connectivity index (χ2v) is 12.8. The van der Waals surface area contributed by atoms with Crippen molar-refractivity contribution in [1.82, 2.24) is 0 Å². The van der Waals surface area contributed by atoms with Crippen LogP contribution in [-0.4, -0.2) is 11.7 Å². The fraction of sp³-hybridized carbons (Fsp3) is 0.562. The number of rotatable bonds is 10. The second-order valence-electron chi connectivity index (χ2n) is 12.8. The monoisotopic (exact) mass is 477 g/mol. The number of hydrogen-bond acceptors (Lipinski definition) is 3. The third-order valence-electron chi connectivity index (χ3n) is 8.03. The van der Waals surface area contributed by atoms with E-state index in [2.05, 4.69) is 97.8 Å². The minimum Gasteiger partial charge on any atom is -0.318 e. The third-order valence-corrected chi connectivity index (χ3v) is 8.03. The third kappa shape index (κ3) is 7.53. The fourth-order valence-corrected chi connectivity index (χ4v) is 4.92. The summed E-state index contributed by atoms with van der Waals surface area (Å²) < 4.78 is 0. The predicted octanol–water partition coefficient (Wildman–Crippen LogP) is 8.89. The van der Waals surface area contributed by atoms with Gasteiger partial charge in [-0.25, -0.2) is 4.79 Å². The lowest BCUT2D eigenvalue weighted by molar-refractivity contribution is -0.158. The van der Waals surface area contributed by atoms with Gasteiger partial charge in [-0.3, -0.25) is 0 Å². The molecule has 0 bridgehead atoms. The minimum absolute atomic E-state index is 0.0971. The second kappa shape index (κ2) is 11.5. The maximum atomic E-state index is 13.5. The van der Waals surface area contributed by atoms with Crippen LogP contribution in [0.4, 0.5) is 0 Å². The summed E-state index contributed by atoms with van der Waals surface area (Å²) in [6.45, 7) is 22.3. The minimum atomic E-state index is -0.303. The zero-order chi connectivity index (χ0) is 26.4. The quantitative estimate of drug-likeness (QED) is 0.195. The lowest BCUT2D eigenvalue weighted by atomic mass is 9.55. The first-order valence-electron chi connectivity index (χ1n) is 13.0. The van der Waals surface area contributed by atoms with E-state index in [1.807, 2.05) is 37.3 Å². The number of carbonyl (C=O) groups is 1. The summed E-state index contributed by atoms with van der Waals surface area (Å²) in [5.41, 5.74) is 2.68. The Balaban J connectivity index is 2.35. The van der Waals surface area contributed by atoms with Crippen LogP contribution in [0.5, 0.6) is 0 Å². The summed E-state index contributed by atoms with van der Waals surface area (Å²) in [5.74, 6) is 0.238. The van der Waals surface area contributed by atoms with Crippen LogP contribution in [0.3, 0.4) is 0 Å². The molecule has 0 heterocycles. The molecular formula is C32H47NO2. The van der Waals surface area contributed by atoms with E-state index in [1.54, 1.807) is 0 Å². The van der Waals surface area contributed by atoms with E-state index in [9.17, 15) is 4.79 Å². The molecule has 0 spiro atoms. The molecule has 0 saturated heterocycles. The molecule has 2 atom stereocenters. The SMILES string of the molecule is CC(=NOC(=O)C(CC(C)C)C(C)(C)C(C)(C)CC(c1ccccc1)C(C)(C)C)c1ccccc1. The van der Waals surface area contributed by atoms with E-state index < -0.39 is 0 Å².